The molecule has 0 spiro atoms. The largest absolute Gasteiger partial charge is 0.390 e. The van der Waals surface area contributed by atoms with Gasteiger partial charge in [0.2, 0.25) is 5.95 Å². The summed E-state index contributed by atoms with van der Waals surface area (Å²) >= 11 is 0. The molecule has 136 valence electrons. The SMILES string of the molecule is Nc1ncc(CC[C@H]2C[C@@H](n3ccc4c(N)ncnc43)[C@H](O)[C@@H]2O)cn1. The standard InChI is InChI=1S/C17H21N7O2/c18-15-11-3-4-24(16(11)23-8-22-15)12-5-10(13(25)14(12)26)2-1-9-6-20-17(19)21-7-9/h3-4,6-8,10,12-14,25-26H,1-2,5H2,(H2,18,22,23)(H2,19,20,21)/t10-,12+,13+,14-/m0/s1. The Balaban J connectivity index is 1.52. The number of fused-ring (bicyclic) bond motifs is 1. The Morgan fingerprint density at radius 1 is 1.08 bits per heavy atom. The number of rotatable bonds is 4. The first kappa shape index (κ1) is 16.7. The lowest BCUT2D eigenvalue weighted by Crippen LogP contribution is -2.29. The van der Waals surface area contributed by atoms with E-state index in [9.17, 15) is 10.2 Å². The summed E-state index contributed by atoms with van der Waals surface area (Å²) in [6.45, 7) is 0. The molecule has 3 aromatic rings. The highest BCUT2D eigenvalue weighted by atomic mass is 16.3. The normalized spacial score (nSPS) is 25.8. The van der Waals surface area contributed by atoms with Gasteiger partial charge in [0.25, 0.3) is 0 Å². The van der Waals surface area contributed by atoms with Crippen LogP contribution < -0.4 is 11.5 Å². The van der Waals surface area contributed by atoms with Crippen LogP contribution in [0.3, 0.4) is 0 Å². The van der Waals surface area contributed by atoms with Crippen LogP contribution in [-0.4, -0.2) is 46.9 Å². The number of anilines is 2. The van der Waals surface area contributed by atoms with Crippen molar-refractivity contribution in [1.29, 1.82) is 0 Å². The number of aliphatic hydroxyl groups is 2. The average Bonchev–Trinajstić information content (AvgIpc) is 3.18. The molecule has 0 saturated heterocycles. The van der Waals surface area contributed by atoms with Crippen LogP contribution in [0.25, 0.3) is 11.0 Å². The van der Waals surface area contributed by atoms with E-state index in [-0.39, 0.29) is 17.9 Å². The van der Waals surface area contributed by atoms with Crippen molar-refractivity contribution in [2.24, 2.45) is 5.92 Å². The minimum Gasteiger partial charge on any atom is -0.390 e. The molecule has 9 nitrogen and oxygen atoms in total. The summed E-state index contributed by atoms with van der Waals surface area (Å²) in [5.41, 5.74) is 13.0. The van der Waals surface area contributed by atoms with Crippen molar-refractivity contribution in [3.8, 4) is 0 Å². The average molecular weight is 355 g/mol. The van der Waals surface area contributed by atoms with Crippen LogP contribution in [-0.2, 0) is 6.42 Å². The lowest BCUT2D eigenvalue weighted by Gasteiger charge is -2.19. The van der Waals surface area contributed by atoms with Crippen molar-refractivity contribution in [3.05, 3.63) is 36.5 Å². The van der Waals surface area contributed by atoms with Gasteiger partial charge in [-0.15, -0.1) is 0 Å². The van der Waals surface area contributed by atoms with Crippen molar-refractivity contribution in [3.63, 3.8) is 0 Å². The van der Waals surface area contributed by atoms with Crippen LogP contribution >= 0.6 is 0 Å². The molecule has 6 N–H and O–H groups in total. The Morgan fingerprint density at radius 3 is 2.62 bits per heavy atom. The van der Waals surface area contributed by atoms with E-state index >= 15 is 0 Å². The maximum absolute atomic E-state index is 10.6. The zero-order chi connectivity index (χ0) is 18.3. The smallest absolute Gasteiger partial charge is 0.219 e. The summed E-state index contributed by atoms with van der Waals surface area (Å²) < 4.78 is 1.88. The minimum absolute atomic E-state index is 0.0378. The maximum Gasteiger partial charge on any atom is 0.219 e. The van der Waals surface area contributed by atoms with Gasteiger partial charge in [0.15, 0.2) is 0 Å². The first-order valence-electron chi connectivity index (χ1n) is 8.54. The van der Waals surface area contributed by atoms with E-state index in [1.54, 1.807) is 12.4 Å². The van der Waals surface area contributed by atoms with Crippen LogP contribution in [0.2, 0.25) is 0 Å². The number of hydrogen-bond acceptors (Lipinski definition) is 8. The van der Waals surface area contributed by atoms with Crippen molar-refractivity contribution in [2.75, 3.05) is 11.5 Å². The number of nitrogens with zero attached hydrogens (tertiary/aromatic N) is 5. The molecular weight excluding hydrogens is 334 g/mol. The molecule has 1 aliphatic rings. The van der Waals surface area contributed by atoms with E-state index in [1.807, 2.05) is 16.8 Å². The quantitative estimate of drug-likeness (QED) is 0.522. The van der Waals surface area contributed by atoms with Crippen molar-refractivity contribution < 1.29 is 10.2 Å². The molecule has 1 saturated carbocycles. The van der Waals surface area contributed by atoms with Crippen molar-refractivity contribution in [2.45, 2.75) is 37.5 Å². The molecule has 4 rings (SSSR count). The van der Waals surface area contributed by atoms with Crippen LogP contribution in [0.15, 0.2) is 31.0 Å². The number of aryl methyl sites for hydroxylation is 1. The Bertz CT molecular complexity index is 911. The summed E-state index contributed by atoms with van der Waals surface area (Å²) in [5, 5.41) is 21.8. The number of aromatic nitrogens is 5. The van der Waals surface area contributed by atoms with E-state index in [4.69, 9.17) is 11.5 Å². The zero-order valence-electron chi connectivity index (χ0n) is 14.1. The second-order valence-electron chi connectivity index (χ2n) is 6.75. The molecule has 0 bridgehead atoms. The van der Waals surface area contributed by atoms with E-state index < -0.39 is 12.2 Å². The van der Waals surface area contributed by atoms with Crippen molar-refractivity contribution >= 4 is 22.8 Å². The fraction of sp³-hybridized carbons (Fsp3) is 0.412. The minimum atomic E-state index is -0.866. The molecule has 26 heavy (non-hydrogen) atoms. The number of nitrogens with two attached hydrogens (primary N) is 2. The van der Waals surface area contributed by atoms with Crippen LogP contribution in [0, 0.1) is 5.92 Å². The molecule has 0 amide bonds. The Morgan fingerprint density at radius 2 is 1.85 bits per heavy atom. The van der Waals surface area contributed by atoms with Gasteiger partial charge in [-0.2, -0.15) is 0 Å². The highest BCUT2D eigenvalue weighted by molar-refractivity contribution is 5.86. The number of aliphatic hydroxyl groups excluding tert-OH is 2. The molecule has 0 aromatic carbocycles. The molecule has 4 atom stereocenters. The zero-order valence-corrected chi connectivity index (χ0v) is 14.1. The van der Waals surface area contributed by atoms with Gasteiger partial charge in [0.05, 0.1) is 17.5 Å². The highest BCUT2D eigenvalue weighted by Gasteiger charge is 2.42. The summed E-state index contributed by atoms with van der Waals surface area (Å²) in [7, 11) is 0. The first-order chi connectivity index (χ1) is 12.5. The van der Waals surface area contributed by atoms with Crippen LogP contribution in [0.4, 0.5) is 11.8 Å². The number of hydrogen-bond donors (Lipinski definition) is 4. The topological polar surface area (TPSA) is 149 Å². The van der Waals surface area contributed by atoms with Gasteiger partial charge in [0.1, 0.15) is 23.9 Å². The second kappa shape index (κ2) is 6.50. The van der Waals surface area contributed by atoms with E-state index in [2.05, 4.69) is 19.9 Å². The Kier molecular flexibility index (Phi) is 4.17. The lowest BCUT2D eigenvalue weighted by molar-refractivity contribution is 0.00545. The maximum atomic E-state index is 10.6. The Hall–Kier alpha value is -2.78. The van der Waals surface area contributed by atoms with E-state index in [0.717, 1.165) is 17.4 Å². The molecule has 3 aromatic heterocycles. The van der Waals surface area contributed by atoms with Gasteiger partial charge in [-0.1, -0.05) is 0 Å². The summed E-state index contributed by atoms with van der Waals surface area (Å²) in [6, 6.07) is 1.58. The third-order valence-electron chi connectivity index (χ3n) is 5.20. The summed E-state index contributed by atoms with van der Waals surface area (Å²) in [5.74, 6) is 0.608. The molecular formula is C17H21N7O2. The van der Waals surface area contributed by atoms with E-state index in [1.165, 1.54) is 6.33 Å². The molecule has 0 unspecified atom stereocenters. The summed E-state index contributed by atoms with van der Waals surface area (Å²) in [6.07, 6.45) is 7.04. The van der Waals surface area contributed by atoms with Gasteiger partial charge in [-0.25, -0.2) is 19.9 Å². The van der Waals surface area contributed by atoms with Crippen LogP contribution in [0.1, 0.15) is 24.4 Å². The van der Waals surface area contributed by atoms with E-state index in [0.29, 0.717) is 24.3 Å². The molecule has 3 heterocycles. The third-order valence-corrected chi connectivity index (χ3v) is 5.20. The van der Waals surface area contributed by atoms with Gasteiger partial charge in [0, 0.05) is 18.6 Å². The lowest BCUT2D eigenvalue weighted by atomic mass is 9.97. The number of nitrogen functional groups attached to an aromatic ring is 2. The predicted octanol–water partition coefficient (Wildman–Crippen LogP) is 0.301. The molecule has 1 aliphatic carbocycles. The van der Waals surface area contributed by atoms with Crippen molar-refractivity contribution in [1.82, 2.24) is 24.5 Å². The molecule has 1 fully saturated rings. The monoisotopic (exact) mass is 355 g/mol. The highest BCUT2D eigenvalue weighted by Crippen LogP contribution is 2.39. The fourth-order valence-electron chi connectivity index (χ4n) is 3.77. The molecule has 0 aliphatic heterocycles. The predicted molar refractivity (Wildman–Crippen MR) is 95.9 cm³/mol. The van der Waals surface area contributed by atoms with Gasteiger partial charge < -0.3 is 26.2 Å². The third kappa shape index (κ3) is 2.85. The van der Waals surface area contributed by atoms with Crippen LogP contribution in [0.5, 0.6) is 0 Å². The Labute approximate surface area is 149 Å². The molecule has 0 radical (unpaired) electrons. The van der Waals surface area contributed by atoms with Gasteiger partial charge in [-0.05, 0) is 36.8 Å². The van der Waals surface area contributed by atoms with Gasteiger partial charge in [-0.3, -0.25) is 0 Å². The first-order valence-corrected chi connectivity index (χ1v) is 8.54. The second-order valence-corrected chi connectivity index (χ2v) is 6.75. The fourth-order valence-corrected chi connectivity index (χ4v) is 3.77. The summed E-state index contributed by atoms with van der Waals surface area (Å²) in [4.78, 5) is 16.2. The molecule has 9 heteroatoms. The van der Waals surface area contributed by atoms with Gasteiger partial charge >= 0.3 is 0 Å².